The van der Waals surface area contributed by atoms with Crippen LogP contribution in [0.5, 0.6) is 0 Å². The number of esters is 1. The van der Waals surface area contributed by atoms with Crippen LogP contribution in [0, 0.1) is 0 Å². The minimum Gasteiger partial charge on any atom is -0.458 e. The lowest BCUT2D eigenvalue weighted by atomic mass is 10.4. The molecule has 17 heavy (non-hydrogen) atoms. The molecule has 2 heterocycles. The first-order valence-corrected chi connectivity index (χ1v) is 5.32. The molecule has 2 rings (SSSR count). The fraction of sp³-hybridized carbons (Fsp3) is 0.250. The highest BCUT2D eigenvalue weighted by Gasteiger charge is 2.12. The van der Waals surface area contributed by atoms with E-state index in [1.54, 1.807) is 43.3 Å². The van der Waals surface area contributed by atoms with Crippen molar-refractivity contribution >= 4 is 5.97 Å². The first kappa shape index (κ1) is 11.3. The molecule has 0 atom stereocenters. The van der Waals surface area contributed by atoms with Gasteiger partial charge in [0.05, 0.1) is 18.0 Å². The van der Waals surface area contributed by atoms with Gasteiger partial charge in [0.25, 0.3) is 0 Å². The quantitative estimate of drug-likeness (QED) is 0.756. The highest BCUT2D eigenvalue weighted by molar-refractivity contribution is 5.87. The molecule has 88 valence electrons. The molecular weight excluding hydrogens is 218 g/mol. The molecule has 0 radical (unpaired) electrons. The number of aromatic nitrogens is 3. The van der Waals surface area contributed by atoms with E-state index >= 15 is 0 Å². The van der Waals surface area contributed by atoms with Gasteiger partial charge in [0, 0.05) is 12.4 Å². The summed E-state index contributed by atoms with van der Waals surface area (Å²) in [5.74, 6) is -0.414. The zero-order valence-electron chi connectivity index (χ0n) is 9.70. The van der Waals surface area contributed by atoms with Crippen LogP contribution in [0.3, 0.4) is 0 Å². The maximum absolute atomic E-state index is 11.6. The maximum atomic E-state index is 11.6. The monoisotopic (exact) mass is 231 g/mol. The standard InChI is InChI=1S/C12H13N3O2/c1-9(2)17-12(16)11-7-15(8-14-11)10-4-3-5-13-6-10/h3-9H,1-2H3. The Morgan fingerprint density at radius 3 is 2.94 bits per heavy atom. The third kappa shape index (κ3) is 2.69. The molecular formula is C12H13N3O2. The topological polar surface area (TPSA) is 57.0 Å². The van der Waals surface area contributed by atoms with E-state index in [9.17, 15) is 4.79 Å². The van der Waals surface area contributed by atoms with Gasteiger partial charge in [0.2, 0.25) is 0 Å². The Hall–Kier alpha value is -2.17. The first-order valence-electron chi connectivity index (χ1n) is 5.32. The van der Waals surface area contributed by atoms with Crippen LogP contribution in [0.25, 0.3) is 5.69 Å². The molecule has 0 aromatic carbocycles. The molecule has 0 amide bonds. The van der Waals surface area contributed by atoms with Gasteiger partial charge in [0.1, 0.15) is 6.33 Å². The number of carbonyl (C=O) groups excluding carboxylic acids is 1. The second-order valence-electron chi connectivity index (χ2n) is 3.83. The minimum atomic E-state index is -0.414. The van der Waals surface area contributed by atoms with Gasteiger partial charge in [-0.2, -0.15) is 0 Å². The normalized spacial score (nSPS) is 10.5. The fourth-order valence-electron chi connectivity index (χ4n) is 1.35. The Balaban J connectivity index is 2.19. The van der Waals surface area contributed by atoms with E-state index in [4.69, 9.17) is 4.74 Å². The maximum Gasteiger partial charge on any atom is 0.358 e. The van der Waals surface area contributed by atoms with Gasteiger partial charge in [0.15, 0.2) is 5.69 Å². The molecule has 2 aromatic rings. The summed E-state index contributed by atoms with van der Waals surface area (Å²) < 4.78 is 6.78. The van der Waals surface area contributed by atoms with Gasteiger partial charge < -0.3 is 9.30 Å². The third-order valence-corrected chi connectivity index (χ3v) is 2.08. The largest absolute Gasteiger partial charge is 0.458 e. The van der Waals surface area contributed by atoms with Crippen LogP contribution in [0.4, 0.5) is 0 Å². The summed E-state index contributed by atoms with van der Waals surface area (Å²) in [6.45, 7) is 3.60. The van der Waals surface area contributed by atoms with Crippen molar-refractivity contribution in [1.29, 1.82) is 0 Å². The predicted octanol–water partition coefficient (Wildman–Crippen LogP) is 1.83. The Labute approximate surface area is 99.1 Å². The van der Waals surface area contributed by atoms with E-state index in [0.717, 1.165) is 5.69 Å². The molecule has 0 N–H and O–H groups in total. The van der Waals surface area contributed by atoms with Crippen molar-refractivity contribution in [1.82, 2.24) is 14.5 Å². The number of rotatable bonds is 3. The summed E-state index contributed by atoms with van der Waals surface area (Å²) in [7, 11) is 0. The van der Waals surface area contributed by atoms with Gasteiger partial charge in [-0.05, 0) is 26.0 Å². The Bertz CT molecular complexity index is 505. The Morgan fingerprint density at radius 2 is 2.29 bits per heavy atom. The molecule has 2 aromatic heterocycles. The van der Waals surface area contributed by atoms with E-state index in [0.29, 0.717) is 5.69 Å². The number of hydrogen-bond acceptors (Lipinski definition) is 4. The number of carbonyl (C=O) groups is 1. The van der Waals surface area contributed by atoms with Gasteiger partial charge in [-0.25, -0.2) is 9.78 Å². The molecule has 0 aliphatic rings. The van der Waals surface area contributed by atoms with E-state index in [1.807, 2.05) is 12.1 Å². The summed E-state index contributed by atoms with van der Waals surface area (Å²) in [6, 6.07) is 3.70. The van der Waals surface area contributed by atoms with Crippen molar-refractivity contribution in [3.63, 3.8) is 0 Å². The molecule has 5 nitrogen and oxygen atoms in total. The number of pyridine rings is 1. The average Bonchev–Trinajstić information content (AvgIpc) is 2.78. The van der Waals surface area contributed by atoms with Crippen molar-refractivity contribution < 1.29 is 9.53 Å². The number of nitrogens with zero attached hydrogens (tertiary/aromatic N) is 3. The van der Waals surface area contributed by atoms with Crippen LogP contribution >= 0.6 is 0 Å². The second-order valence-corrected chi connectivity index (χ2v) is 3.83. The summed E-state index contributed by atoms with van der Waals surface area (Å²) in [6.07, 6.45) is 6.43. The van der Waals surface area contributed by atoms with E-state index in [2.05, 4.69) is 9.97 Å². The van der Waals surface area contributed by atoms with Crippen molar-refractivity contribution in [3.8, 4) is 5.69 Å². The molecule has 0 fully saturated rings. The number of ether oxygens (including phenoxy) is 1. The number of hydrogen-bond donors (Lipinski definition) is 0. The second kappa shape index (κ2) is 4.78. The molecule has 0 saturated heterocycles. The van der Waals surface area contributed by atoms with Crippen molar-refractivity contribution in [2.24, 2.45) is 0 Å². The summed E-state index contributed by atoms with van der Waals surface area (Å²) in [5.41, 5.74) is 1.14. The SMILES string of the molecule is CC(C)OC(=O)c1cn(-c2cccnc2)cn1. The third-order valence-electron chi connectivity index (χ3n) is 2.08. The Morgan fingerprint density at radius 1 is 1.47 bits per heavy atom. The summed E-state index contributed by atoms with van der Waals surface area (Å²) in [4.78, 5) is 19.6. The molecule has 5 heteroatoms. The predicted molar refractivity (Wildman–Crippen MR) is 61.9 cm³/mol. The van der Waals surface area contributed by atoms with Crippen LogP contribution in [-0.2, 0) is 4.74 Å². The lowest BCUT2D eigenvalue weighted by molar-refractivity contribution is 0.0371. The van der Waals surface area contributed by atoms with Crippen LogP contribution in [0.15, 0.2) is 37.1 Å². The van der Waals surface area contributed by atoms with Crippen molar-refractivity contribution in [2.45, 2.75) is 20.0 Å². The number of imidazole rings is 1. The highest BCUT2D eigenvalue weighted by Crippen LogP contribution is 2.08. The lowest BCUT2D eigenvalue weighted by Gasteiger charge is -2.04. The molecule has 0 aliphatic carbocycles. The molecule has 0 spiro atoms. The first-order chi connectivity index (χ1) is 8.16. The van der Waals surface area contributed by atoms with Crippen molar-refractivity contribution in [3.05, 3.63) is 42.7 Å². The van der Waals surface area contributed by atoms with Crippen LogP contribution < -0.4 is 0 Å². The van der Waals surface area contributed by atoms with Gasteiger partial charge in [-0.3, -0.25) is 4.98 Å². The summed E-state index contributed by atoms with van der Waals surface area (Å²) >= 11 is 0. The summed E-state index contributed by atoms with van der Waals surface area (Å²) in [5, 5.41) is 0. The van der Waals surface area contributed by atoms with E-state index < -0.39 is 5.97 Å². The zero-order chi connectivity index (χ0) is 12.3. The van der Waals surface area contributed by atoms with Gasteiger partial charge in [-0.1, -0.05) is 0 Å². The molecule has 0 unspecified atom stereocenters. The van der Waals surface area contributed by atoms with Gasteiger partial charge >= 0.3 is 5.97 Å². The average molecular weight is 231 g/mol. The Kier molecular flexibility index (Phi) is 3.18. The lowest BCUT2D eigenvalue weighted by Crippen LogP contribution is -2.11. The smallest absolute Gasteiger partial charge is 0.358 e. The van der Waals surface area contributed by atoms with Gasteiger partial charge in [-0.15, -0.1) is 0 Å². The fourth-order valence-corrected chi connectivity index (χ4v) is 1.35. The minimum absolute atomic E-state index is 0.147. The van der Waals surface area contributed by atoms with E-state index in [1.165, 1.54) is 0 Å². The van der Waals surface area contributed by atoms with Crippen molar-refractivity contribution in [2.75, 3.05) is 0 Å². The van der Waals surface area contributed by atoms with Crippen LogP contribution in [0.1, 0.15) is 24.3 Å². The van der Waals surface area contributed by atoms with Crippen LogP contribution in [-0.4, -0.2) is 26.6 Å². The molecule has 0 aliphatic heterocycles. The van der Waals surface area contributed by atoms with Crippen LogP contribution in [0.2, 0.25) is 0 Å². The molecule has 0 bridgehead atoms. The zero-order valence-corrected chi connectivity index (χ0v) is 9.70. The van der Waals surface area contributed by atoms with E-state index in [-0.39, 0.29) is 6.10 Å². The molecule has 0 saturated carbocycles. The highest BCUT2D eigenvalue weighted by atomic mass is 16.5.